The summed E-state index contributed by atoms with van der Waals surface area (Å²) in [4.78, 5) is 26.8. The molecule has 0 bridgehead atoms. The van der Waals surface area contributed by atoms with Crippen LogP contribution in [-0.4, -0.2) is 45.1 Å². The van der Waals surface area contributed by atoms with E-state index in [4.69, 9.17) is 9.16 Å². The molecule has 1 fully saturated rings. The topological polar surface area (TPSA) is 55.8 Å². The number of esters is 1. The second-order valence-electron chi connectivity index (χ2n) is 10.6. The van der Waals surface area contributed by atoms with Gasteiger partial charge in [-0.3, -0.25) is 4.79 Å². The molecule has 3 aromatic carbocycles. The van der Waals surface area contributed by atoms with Gasteiger partial charge in [0, 0.05) is 0 Å². The highest BCUT2D eigenvalue weighted by atomic mass is 28.3. The number of amides is 1. The highest BCUT2D eigenvalue weighted by Gasteiger charge is 2.53. The number of benzene rings is 3. The van der Waals surface area contributed by atoms with E-state index in [-0.39, 0.29) is 18.7 Å². The molecule has 2 atom stereocenters. The van der Waals surface area contributed by atoms with Crippen molar-refractivity contribution in [2.45, 2.75) is 39.3 Å². The van der Waals surface area contributed by atoms with E-state index in [0.717, 1.165) is 22.5 Å². The fourth-order valence-corrected chi connectivity index (χ4v) is 7.95. The Labute approximate surface area is 221 Å². The number of halogens is 3. The van der Waals surface area contributed by atoms with Gasteiger partial charge in [0.2, 0.25) is 9.04 Å². The summed E-state index contributed by atoms with van der Waals surface area (Å²) in [5, 5.41) is 1.91. The predicted molar refractivity (Wildman–Crippen MR) is 140 cm³/mol. The van der Waals surface area contributed by atoms with Crippen LogP contribution in [0.25, 0.3) is 0 Å². The zero-order chi connectivity index (χ0) is 27.7. The Balaban J connectivity index is 1.95. The van der Waals surface area contributed by atoms with E-state index in [2.05, 4.69) is 0 Å². The van der Waals surface area contributed by atoms with Gasteiger partial charge < -0.3 is 14.1 Å². The molecule has 200 valence electrons. The van der Waals surface area contributed by atoms with Crippen LogP contribution in [0.3, 0.4) is 0 Å². The summed E-state index contributed by atoms with van der Waals surface area (Å²) in [6.45, 7) is 7.15. The summed E-state index contributed by atoms with van der Waals surface area (Å²) < 4.78 is 55.2. The molecule has 38 heavy (non-hydrogen) atoms. The largest absolute Gasteiger partial charge is 0.457 e. The minimum atomic E-state index is -2.47. The molecule has 0 N–H and O–H groups in total. The first kappa shape index (κ1) is 27.6. The Kier molecular flexibility index (Phi) is 7.80. The van der Waals surface area contributed by atoms with Crippen LogP contribution < -0.4 is 10.4 Å². The third-order valence-electron chi connectivity index (χ3n) is 6.87. The maximum absolute atomic E-state index is 14.6. The van der Waals surface area contributed by atoms with Gasteiger partial charge in [-0.2, -0.15) is 0 Å². The average Bonchev–Trinajstić information content (AvgIpc) is 2.89. The second kappa shape index (κ2) is 10.7. The number of cyclic esters (lactones) is 1. The van der Waals surface area contributed by atoms with E-state index in [9.17, 15) is 22.8 Å². The van der Waals surface area contributed by atoms with E-state index in [0.29, 0.717) is 0 Å². The van der Waals surface area contributed by atoms with Crippen molar-refractivity contribution in [3.05, 3.63) is 95.8 Å². The zero-order valence-electron chi connectivity index (χ0n) is 21.7. The summed E-state index contributed by atoms with van der Waals surface area (Å²) in [6.07, 6.45) is -0.883. The summed E-state index contributed by atoms with van der Waals surface area (Å²) in [6, 6.07) is 21.0. The standard InChI is InChI=1S/C29H30F3NO4Si/c1-28(2,3)27(37-38(20-11-7-5-8-12-20)21-13-9-6-10-14-21)29(4,33-15-16-36-26(35)25(33)34)19-17-22(30)24(32)23(31)18-19/h5-14,17-18,27,38H,15-16H2,1-4H3/t27-,29-/m0/s1. The van der Waals surface area contributed by atoms with Crippen LogP contribution in [0.4, 0.5) is 13.2 Å². The van der Waals surface area contributed by atoms with E-state index in [1.54, 1.807) is 6.92 Å². The van der Waals surface area contributed by atoms with Gasteiger partial charge in [0.15, 0.2) is 17.5 Å². The zero-order valence-corrected chi connectivity index (χ0v) is 22.9. The van der Waals surface area contributed by atoms with Crippen LogP contribution >= 0.6 is 0 Å². The Morgan fingerprint density at radius 3 is 1.84 bits per heavy atom. The average molecular weight is 542 g/mol. The summed E-state index contributed by atoms with van der Waals surface area (Å²) in [5.74, 6) is -6.44. The number of rotatable bonds is 7. The number of ether oxygens (including phenoxy) is 1. The van der Waals surface area contributed by atoms with Gasteiger partial charge in [-0.25, -0.2) is 18.0 Å². The van der Waals surface area contributed by atoms with Gasteiger partial charge in [-0.1, -0.05) is 81.4 Å². The van der Waals surface area contributed by atoms with Crippen molar-refractivity contribution < 1.29 is 31.9 Å². The minimum absolute atomic E-state index is 0.0225. The number of carbonyl (C=O) groups is 2. The van der Waals surface area contributed by atoms with Crippen molar-refractivity contribution in [1.82, 2.24) is 4.90 Å². The number of hydrogen-bond donors (Lipinski definition) is 0. The molecule has 1 heterocycles. The molecule has 1 saturated heterocycles. The number of hydrogen-bond acceptors (Lipinski definition) is 4. The molecular weight excluding hydrogens is 511 g/mol. The molecule has 0 spiro atoms. The first-order chi connectivity index (χ1) is 17.9. The van der Waals surface area contributed by atoms with E-state index < -0.39 is 55.4 Å². The Bertz CT molecular complexity index is 1250. The molecule has 1 amide bonds. The molecule has 0 aromatic heterocycles. The quantitative estimate of drug-likeness (QED) is 0.198. The van der Waals surface area contributed by atoms with Crippen molar-refractivity contribution in [1.29, 1.82) is 0 Å². The van der Waals surface area contributed by atoms with Gasteiger partial charge in [0.05, 0.1) is 18.2 Å². The van der Waals surface area contributed by atoms with Crippen molar-refractivity contribution in [2.75, 3.05) is 13.2 Å². The van der Waals surface area contributed by atoms with Crippen LogP contribution in [0.5, 0.6) is 0 Å². The third kappa shape index (κ3) is 5.26. The highest BCUT2D eigenvalue weighted by molar-refractivity contribution is 6.80. The lowest BCUT2D eigenvalue weighted by Gasteiger charge is -2.52. The lowest BCUT2D eigenvalue weighted by Crippen LogP contribution is -2.65. The molecule has 9 heteroatoms. The smallest absolute Gasteiger partial charge is 0.397 e. The van der Waals surface area contributed by atoms with Gasteiger partial charge in [0.25, 0.3) is 0 Å². The normalized spacial score (nSPS) is 16.8. The minimum Gasteiger partial charge on any atom is -0.457 e. The second-order valence-corrected chi connectivity index (χ2v) is 12.9. The number of carbonyl (C=O) groups excluding carboxylic acids is 2. The van der Waals surface area contributed by atoms with Crippen LogP contribution in [0.2, 0.25) is 0 Å². The number of nitrogens with zero attached hydrogens (tertiary/aromatic N) is 1. The fraction of sp³-hybridized carbons (Fsp3) is 0.310. The molecule has 0 saturated carbocycles. The predicted octanol–water partition coefficient (Wildman–Crippen LogP) is 3.67. The maximum atomic E-state index is 14.6. The fourth-order valence-electron chi connectivity index (χ4n) is 5.16. The molecule has 3 aromatic rings. The summed E-state index contributed by atoms with van der Waals surface area (Å²) in [7, 11) is -2.47. The molecule has 1 aliphatic rings. The van der Waals surface area contributed by atoms with Crippen molar-refractivity contribution in [3.8, 4) is 0 Å². The molecule has 1 aliphatic heterocycles. The van der Waals surface area contributed by atoms with Crippen LogP contribution in [-0.2, 0) is 24.3 Å². The SMILES string of the molecule is CC(C)(C)[C@H](O[SiH](c1ccccc1)c1ccccc1)[C@](C)(c1cc(F)c(F)c(F)c1)N1CCOC(=O)C1=O. The van der Waals surface area contributed by atoms with Crippen molar-refractivity contribution >= 4 is 31.3 Å². The Morgan fingerprint density at radius 2 is 1.37 bits per heavy atom. The van der Waals surface area contributed by atoms with Crippen LogP contribution in [0.1, 0.15) is 33.3 Å². The molecule has 5 nitrogen and oxygen atoms in total. The third-order valence-corrected chi connectivity index (χ3v) is 9.40. The lowest BCUT2D eigenvalue weighted by molar-refractivity contribution is -0.177. The molecule has 0 unspecified atom stereocenters. The summed E-state index contributed by atoms with van der Waals surface area (Å²) in [5.41, 5.74) is -2.31. The van der Waals surface area contributed by atoms with Crippen LogP contribution in [0, 0.1) is 22.9 Å². The van der Waals surface area contributed by atoms with Gasteiger partial charge in [-0.15, -0.1) is 0 Å². The Hall–Kier alpha value is -3.43. The van der Waals surface area contributed by atoms with Gasteiger partial charge in [-0.05, 0) is 40.4 Å². The van der Waals surface area contributed by atoms with E-state index in [1.807, 2.05) is 81.4 Å². The monoisotopic (exact) mass is 541 g/mol. The van der Waals surface area contributed by atoms with E-state index >= 15 is 0 Å². The van der Waals surface area contributed by atoms with E-state index in [1.165, 1.54) is 4.90 Å². The maximum Gasteiger partial charge on any atom is 0.397 e. The van der Waals surface area contributed by atoms with Crippen LogP contribution in [0.15, 0.2) is 72.8 Å². The van der Waals surface area contributed by atoms with Gasteiger partial charge >= 0.3 is 11.9 Å². The number of morpholine rings is 1. The van der Waals surface area contributed by atoms with Crippen molar-refractivity contribution in [2.24, 2.45) is 5.41 Å². The molecule has 0 radical (unpaired) electrons. The first-order valence-electron chi connectivity index (χ1n) is 12.3. The molecular formula is C29H30F3NO4Si. The first-order valence-corrected chi connectivity index (χ1v) is 14.0. The molecule has 0 aliphatic carbocycles. The Morgan fingerprint density at radius 1 is 0.868 bits per heavy atom. The summed E-state index contributed by atoms with van der Waals surface area (Å²) >= 11 is 0. The highest BCUT2D eigenvalue weighted by Crippen LogP contribution is 2.43. The van der Waals surface area contributed by atoms with Gasteiger partial charge in [0.1, 0.15) is 6.61 Å². The van der Waals surface area contributed by atoms with Crippen molar-refractivity contribution in [3.63, 3.8) is 0 Å². The molecule has 4 rings (SSSR count). The lowest BCUT2D eigenvalue weighted by atomic mass is 9.72.